The number of rotatable bonds is 4. The van der Waals surface area contributed by atoms with Gasteiger partial charge in [0.05, 0.1) is 10.5 Å². The van der Waals surface area contributed by atoms with Crippen LogP contribution in [0.25, 0.3) is 0 Å². The first-order chi connectivity index (χ1) is 7.72. The molecule has 0 aliphatic heterocycles. The van der Waals surface area contributed by atoms with Gasteiger partial charge in [0.15, 0.2) is 9.84 Å². The van der Waals surface area contributed by atoms with Crippen molar-refractivity contribution in [1.82, 2.24) is 0 Å². The number of ether oxygens (including phenoxy) is 1. The minimum absolute atomic E-state index is 0.0477. The van der Waals surface area contributed by atoms with Crippen LogP contribution in [0.5, 0.6) is 5.75 Å². The van der Waals surface area contributed by atoms with Crippen molar-refractivity contribution >= 4 is 9.84 Å². The molecule has 96 valence electrons. The maximum Gasteiger partial charge on any atom is 0.158 e. The molecular weight excluding hydrogens is 243 g/mol. The molecule has 0 radical (unpaired) electrons. The molecule has 0 aliphatic rings. The third-order valence-corrected chi connectivity index (χ3v) is 4.94. The first kappa shape index (κ1) is 14.0. The highest BCUT2D eigenvalue weighted by Gasteiger charge is 2.28. The van der Waals surface area contributed by atoms with Gasteiger partial charge in [0.2, 0.25) is 0 Å². The summed E-state index contributed by atoms with van der Waals surface area (Å²) < 4.78 is 40.6. The Morgan fingerprint density at radius 2 is 1.71 bits per heavy atom. The normalized spacial score (nSPS) is 12.5. The molecule has 0 aliphatic carbocycles. The van der Waals surface area contributed by atoms with Crippen LogP contribution in [-0.4, -0.2) is 25.5 Å². The minimum atomic E-state index is -3.18. The third-order valence-electron chi connectivity index (χ3n) is 2.37. The van der Waals surface area contributed by atoms with E-state index >= 15 is 0 Å². The Kier molecular flexibility index (Phi) is 4.14. The zero-order valence-corrected chi connectivity index (χ0v) is 11.1. The lowest BCUT2D eigenvalue weighted by Crippen LogP contribution is -2.32. The van der Waals surface area contributed by atoms with E-state index in [4.69, 9.17) is 4.74 Å². The molecule has 0 atom stereocenters. The summed E-state index contributed by atoms with van der Waals surface area (Å²) in [6, 6.07) is 5.49. The van der Waals surface area contributed by atoms with Gasteiger partial charge in [0, 0.05) is 0 Å². The lowest BCUT2D eigenvalue weighted by atomic mass is 10.3. The van der Waals surface area contributed by atoms with E-state index in [0.29, 0.717) is 5.75 Å². The largest absolute Gasteiger partial charge is 0.493 e. The van der Waals surface area contributed by atoms with Crippen molar-refractivity contribution in [2.24, 2.45) is 0 Å². The number of benzene rings is 1. The molecule has 1 rings (SSSR count). The van der Waals surface area contributed by atoms with Gasteiger partial charge in [0.1, 0.15) is 18.2 Å². The molecule has 0 aromatic heterocycles. The van der Waals surface area contributed by atoms with Crippen LogP contribution in [0.3, 0.4) is 0 Å². The van der Waals surface area contributed by atoms with Crippen LogP contribution in [0.4, 0.5) is 4.39 Å². The highest BCUT2D eigenvalue weighted by molar-refractivity contribution is 7.92. The second kappa shape index (κ2) is 5.04. The molecule has 0 saturated heterocycles. The van der Waals surface area contributed by atoms with Gasteiger partial charge in [-0.05, 0) is 45.0 Å². The molecule has 17 heavy (non-hydrogen) atoms. The number of halogens is 1. The molecular formula is C12H17FO3S. The molecule has 0 fully saturated rings. The molecule has 0 heterocycles. The highest BCUT2D eigenvalue weighted by Crippen LogP contribution is 2.16. The molecule has 0 bridgehead atoms. The Bertz CT molecular complexity index is 458. The Balaban J connectivity index is 2.52. The van der Waals surface area contributed by atoms with E-state index in [2.05, 4.69) is 0 Å². The zero-order chi connectivity index (χ0) is 13.1. The fraction of sp³-hybridized carbons (Fsp3) is 0.500. The van der Waals surface area contributed by atoms with Crippen LogP contribution in [-0.2, 0) is 9.84 Å². The highest BCUT2D eigenvalue weighted by atomic mass is 32.2. The van der Waals surface area contributed by atoms with Crippen LogP contribution in [0.15, 0.2) is 24.3 Å². The number of hydrogen-bond acceptors (Lipinski definition) is 3. The molecule has 1 aromatic rings. The lowest BCUT2D eigenvalue weighted by Gasteiger charge is -2.19. The molecule has 5 heteroatoms. The average Bonchev–Trinajstić information content (AvgIpc) is 2.19. The minimum Gasteiger partial charge on any atom is -0.493 e. The summed E-state index contributed by atoms with van der Waals surface area (Å²) >= 11 is 0. The summed E-state index contributed by atoms with van der Waals surface area (Å²) in [5.41, 5.74) is 0. The Labute approximate surface area is 102 Å². The standard InChI is InChI=1S/C12H17FO3S/c1-12(2,3)17(14,15)9-8-16-11-6-4-10(13)5-7-11/h4-7H,8-9H2,1-3H3. The summed E-state index contributed by atoms with van der Waals surface area (Å²) in [6.07, 6.45) is 0. The molecule has 0 spiro atoms. The van der Waals surface area contributed by atoms with Crippen LogP contribution < -0.4 is 4.74 Å². The van der Waals surface area contributed by atoms with Gasteiger partial charge in [-0.3, -0.25) is 0 Å². The van der Waals surface area contributed by atoms with Gasteiger partial charge in [-0.2, -0.15) is 0 Å². The van der Waals surface area contributed by atoms with E-state index in [9.17, 15) is 12.8 Å². The van der Waals surface area contributed by atoms with Crippen molar-refractivity contribution in [1.29, 1.82) is 0 Å². The van der Waals surface area contributed by atoms with Gasteiger partial charge in [-0.15, -0.1) is 0 Å². The number of hydrogen-bond donors (Lipinski definition) is 0. The summed E-state index contributed by atoms with van der Waals surface area (Å²) in [4.78, 5) is 0. The van der Waals surface area contributed by atoms with Crippen molar-refractivity contribution in [3.8, 4) is 5.75 Å². The third kappa shape index (κ3) is 4.00. The molecule has 1 aromatic carbocycles. The predicted octanol–water partition coefficient (Wildman–Crippen LogP) is 2.42. The summed E-state index contributed by atoms with van der Waals surface area (Å²) in [6.45, 7) is 5.03. The SMILES string of the molecule is CC(C)(C)S(=O)(=O)CCOc1ccc(F)cc1. The van der Waals surface area contributed by atoms with Gasteiger partial charge in [-0.25, -0.2) is 12.8 Å². The Hall–Kier alpha value is -1.10. The van der Waals surface area contributed by atoms with Gasteiger partial charge < -0.3 is 4.74 Å². The van der Waals surface area contributed by atoms with Crippen molar-refractivity contribution < 1.29 is 17.5 Å². The summed E-state index contributed by atoms with van der Waals surface area (Å²) in [5.74, 6) is 0.0728. The summed E-state index contributed by atoms with van der Waals surface area (Å²) in [5, 5.41) is 0. The molecule has 0 unspecified atom stereocenters. The van der Waals surface area contributed by atoms with Crippen LogP contribution in [0.2, 0.25) is 0 Å². The van der Waals surface area contributed by atoms with E-state index in [-0.39, 0.29) is 18.2 Å². The van der Waals surface area contributed by atoms with Crippen molar-refractivity contribution in [3.63, 3.8) is 0 Å². The average molecular weight is 260 g/mol. The lowest BCUT2D eigenvalue weighted by molar-refractivity contribution is 0.339. The van der Waals surface area contributed by atoms with Crippen molar-refractivity contribution in [3.05, 3.63) is 30.1 Å². The van der Waals surface area contributed by atoms with Crippen molar-refractivity contribution in [2.45, 2.75) is 25.5 Å². The summed E-state index contributed by atoms with van der Waals surface area (Å²) in [7, 11) is -3.18. The van der Waals surface area contributed by atoms with Gasteiger partial charge >= 0.3 is 0 Å². The number of sulfone groups is 1. The fourth-order valence-corrected chi connectivity index (χ4v) is 2.02. The van der Waals surface area contributed by atoms with E-state index in [0.717, 1.165) is 0 Å². The first-order valence-corrected chi connectivity index (χ1v) is 6.98. The zero-order valence-electron chi connectivity index (χ0n) is 10.2. The van der Waals surface area contributed by atoms with E-state index < -0.39 is 14.6 Å². The maximum absolute atomic E-state index is 12.6. The molecule has 0 N–H and O–H groups in total. The topological polar surface area (TPSA) is 43.4 Å². The molecule has 0 saturated carbocycles. The fourth-order valence-electron chi connectivity index (χ4n) is 1.11. The second-order valence-corrected chi connectivity index (χ2v) is 7.60. The monoisotopic (exact) mass is 260 g/mol. The van der Waals surface area contributed by atoms with Gasteiger partial charge in [-0.1, -0.05) is 0 Å². The van der Waals surface area contributed by atoms with Gasteiger partial charge in [0.25, 0.3) is 0 Å². The van der Waals surface area contributed by atoms with Crippen LogP contribution in [0, 0.1) is 5.82 Å². The second-order valence-electron chi connectivity index (χ2n) is 4.73. The van der Waals surface area contributed by atoms with Crippen LogP contribution >= 0.6 is 0 Å². The quantitative estimate of drug-likeness (QED) is 0.835. The first-order valence-electron chi connectivity index (χ1n) is 5.33. The van der Waals surface area contributed by atoms with E-state index in [1.54, 1.807) is 20.8 Å². The maximum atomic E-state index is 12.6. The Morgan fingerprint density at radius 3 is 2.18 bits per heavy atom. The van der Waals surface area contributed by atoms with E-state index in [1.807, 2.05) is 0 Å². The molecule has 0 amide bonds. The van der Waals surface area contributed by atoms with Crippen LogP contribution in [0.1, 0.15) is 20.8 Å². The predicted molar refractivity (Wildman–Crippen MR) is 65.4 cm³/mol. The van der Waals surface area contributed by atoms with E-state index in [1.165, 1.54) is 24.3 Å². The smallest absolute Gasteiger partial charge is 0.158 e. The van der Waals surface area contributed by atoms with Crippen molar-refractivity contribution in [2.75, 3.05) is 12.4 Å². The Morgan fingerprint density at radius 1 is 1.18 bits per heavy atom. The molecule has 3 nitrogen and oxygen atoms in total.